The normalized spacial score (nSPS) is 19.8. The van der Waals surface area contributed by atoms with Gasteiger partial charge in [-0.1, -0.05) is 24.3 Å². The predicted molar refractivity (Wildman–Crippen MR) is 159 cm³/mol. The number of ketones is 1. The average Bonchev–Trinajstić information content (AvgIpc) is 3.87. The lowest BCUT2D eigenvalue weighted by Gasteiger charge is -2.20. The number of rotatable bonds is 3. The Morgan fingerprint density at radius 1 is 0.889 bits per heavy atom. The highest BCUT2D eigenvalue weighted by Crippen LogP contribution is 2.48. The largest absolute Gasteiger partial charge is 0.376 e. The van der Waals surface area contributed by atoms with Gasteiger partial charge in [0.25, 0.3) is 0 Å². The number of nitriles is 2. The zero-order valence-electron chi connectivity index (χ0n) is 23.3. The molecule has 220 valence electrons. The molecule has 1 N–H and O–H groups in total. The topological polar surface area (TPSA) is 133 Å². The third-order valence-corrected chi connectivity index (χ3v) is 9.39. The number of halogens is 2. The third kappa shape index (κ3) is 4.68. The average molecular weight is 618 g/mol. The molecule has 3 aromatic carbocycles. The van der Waals surface area contributed by atoms with Gasteiger partial charge in [0.1, 0.15) is 22.3 Å². The van der Waals surface area contributed by atoms with Crippen molar-refractivity contribution in [3.05, 3.63) is 136 Å². The number of hydrogen-bond acceptors (Lipinski definition) is 8. The third-order valence-electron chi connectivity index (χ3n) is 8.21. The maximum absolute atomic E-state index is 14.6. The molecule has 0 radical (unpaired) electrons. The van der Waals surface area contributed by atoms with E-state index in [-0.39, 0.29) is 35.8 Å². The fourth-order valence-electron chi connectivity index (χ4n) is 6.00. The molecule has 0 amide bonds. The van der Waals surface area contributed by atoms with Gasteiger partial charge < -0.3 is 14.2 Å². The first-order valence-electron chi connectivity index (χ1n) is 13.9. The van der Waals surface area contributed by atoms with Gasteiger partial charge in [0.15, 0.2) is 11.4 Å². The minimum Gasteiger partial charge on any atom is -0.376 e. The molecular formula is C33H21F2N7O2S. The van der Waals surface area contributed by atoms with E-state index in [1.165, 1.54) is 36.0 Å². The summed E-state index contributed by atoms with van der Waals surface area (Å²) in [7, 11) is 0. The monoisotopic (exact) mass is 617 g/mol. The Balaban J connectivity index is 0.000000157. The molecule has 0 saturated heterocycles. The van der Waals surface area contributed by atoms with Gasteiger partial charge >= 0.3 is 0 Å². The first-order valence-corrected chi connectivity index (χ1v) is 14.7. The van der Waals surface area contributed by atoms with Crippen molar-refractivity contribution in [3.8, 4) is 12.1 Å². The number of carbonyl (C=O) groups is 1. The first-order chi connectivity index (χ1) is 21.8. The highest BCUT2D eigenvalue weighted by molar-refractivity contribution is 7.18. The molecular weight excluding hydrogens is 596 g/mol. The SMILES string of the molecule is N#Cc1ccc([C@H]2CC(=O)c3cncn32)c(F)c1.N#Cc1ccc([C@H]2C[C@](O)(c3nc4ccccc4s3)c3cncn32)c(F)c1. The fourth-order valence-corrected chi connectivity index (χ4v) is 7.08. The second-order valence-electron chi connectivity index (χ2n) is 10.8. The minimum absolute atomic E-state index is 0.0405. The maximum Gasteiger partial charge on any atom is 0.183 e. The molecule has 9 nitrogen and oxygen atoms in total. The second kappa shape index (κ2) is 10.9. The molecule has 0 bridgehead atoms. The van der Waals surface area contributed by atoms with Gasteiger partial charge in [-0.15, -0.1) is 11.3 Å². The molecule has 0 saturated carbocycles. The zero-order valence-corrected chi connectivity index (χ0v) is 24.1. The van der Waals surface area contributed by atoms with E-state index >= 15 is 0 Å². The zero-order chi connectivity index (χ0) is 31.3. The lowest BCUT2D eigenvalue weighted by atomic mass is 9.93. The molecule has 0 unspecified atom stereocenters. The number of para-hydroxylation sites is 1. The molecule has 2 aliphatic heterocycles. The fraction of sp³-hybridized carbons (Fsp3) is 0.152. The molecule has 45 heavy (non-hydrogen) atoms. The summed E-state index contributed by atoms with van der Waals surface area (Å²) < 4.78 is 33.0. The van der Waals surface area contributed by atoms with Crippen molar-refractivity contribution in [1.29, 1.82) is 10.5 Å². The van der Waals surface area contributed by atoms with Gasteiger partial charge in [-0.2, -0.15) is 10.5 Å². The van der Waals surface area contributed by atoms with Gasteiger partial charge in [0.2, 0.25) is 0 Å². The Morgan fingerprint density at radius 2 is 1.53 bits per heavy atom. The molecule has 6 aromatic rings. The smallest absolute Gasteiger partial charge is 0.183 e. The lowest BCUT2D eigenvalue weighted by Crippen LogP contribution is -2.24. The van der Waals surface area contributed by atoms with E-state index in [1.807, 2.05) is 36.4 Å². The summed E-state index contributed by atoms with van der Waals surface area (Å²) >= 11 is 1.43. The number of carbonyl (C=O) groups excluding carboxylic acids is 1. The van der Waals surface area contributed by atoms with Crippen molar-refractivity contribution < 1.29 is 18.7 Å². The van der Waals surface area contributed by atoms with Crippen LogP contribution in [-0.4, -0.2) is 35.0 Å². The highest BCUT2D eigenvalue weighted by atomic mass is 32.1. The van der Waals surface area contributed by atoms with Gasteiger partial charge in [-0.25, -0.2) is 23.7 Å². The molecule has 12 heteroatoms. The van der Waals surface area contributed by atoms with E-state index in [1.54, 1.807) is 45.9 Å². The molecule has 5 heterocycles. The number of hydrogen-bond donors (Lipinski definition) is 1. The van der Waals surface area contributed by atoms with Gasteiger partial charge in [-0.3, -0.25) is 4.79 Å². The predicted octanol–water partition coefficient (Wildman–Crippen LogP) is 5.80. The molecule has 8 rings (SSSR count). The molecule has 0 aliphatic carbocycles. The number of aromatic nitrogens is 5. The standard InChI is InChI=1S/C20H13FN4OS.C13H8FN3O/c21-14-7-12(9-22)5-6-13(14)16-8-20(26,18-10-23-11-25(16)18)19-24-15-3-1-2-4-17(15)27-19;14-10-3-8(5-15)1-2-9(10)11-4-13(18)12-6-16-7-17(11)12/h1-7,10-11,16,26H,8H2;1-3,6-7,11H,4H2/t16-,20-;11-/m11/s1. The van der Waals surface area contributed by atoms with Crippen molar-refractivity contribution in [2.75, 3.05) is 0 Å². The summed E-state index contributed by atoms with van der Waals surface area (Å²) in [5.41, 5.74) is 1.95. The second-order valence-corrected chi connectivity index (χ2v) is 11.8. The van der Waals surface area contributed by atoms with Crippen molar-refractivity contribution in [1.82, 2.24) is 24.1 Å². The van der Waals surface area contributed by atoms with E-state index < -0.39 is 23.3 Å². The Labute approximate surface area is 258 Å². The summed E-state index contributed by atoms with van der Waals surface area (Å²) in [6, 6.07) is 19.5. The van der Waals surface area contributed by atoms with Crippen LogP contribution in [0.4, 0.5) is 8.78 Å². The van der Waals surface area contributed by atoms with Crippen LogP contribution in [0.1, 0.15) is 68.4 Å². The number of Topliss-reactive ketones (excluding diaryl/α,β-unsaturated/α-hetero) is 1. The molecule has 3 aromatic heterocycles. The van der Waals surface area contributed by atoms with E-state index in [9.17, 15) is 18.7 Å². The van der Waals surface area contributed by atoms with E-state index in [2.05, 4.69) is 15.0 Å². The molecule has 2 aliphatic rings. The number of benzene rings is 3. The van der Waals surface area contributed by atoms with Crippen LogP contribution >= 0.6 is 11.3 Å². The Kier molecular flexibility index (Phi) is 6.81. The van der Waals surface area contributed by atoms with E-state index in [0.29, 0.717) is 27.5 Å². The van der Waals surface area contributed by atoms with Crippen LogP contribution < -0.4 is 0 Å². The van der Waals surface area contributed by atoms with Crippen LogP contribution in [0.2, 0.25) is 0 Å². The summed E-state index contributed by atoms with van der Waals surface area (Å²) in [4.78, 5) is 24.4. The molecule has 0 fully saturated rings. The van der Waals surface area contributed by atoms with E-state index in [4.69, 9.17) is 10.5 Å². The lowest BCUT2D eigenvalue weighted by molar-refractivity contribution is 0.0791. The van der Waals surface area contributed by atoms with Gasteiger partial charge in [0, 0.05) is 24.0 Å². The van der Waals surface area contributed by atoms with Crippen LogP contribution in [0, 0.1) is 34.3 Å². The number of fused-ring (bicyclic) bond motifs is 3. The number of thiazole rings is 1. The summed E-state index contributed by atoms with van der Waals surface area (Å²) in [6.45, 7) is 0. The summed E-state index contributed by atoms with van der Waals surface area (Å²) in [5.74, 6) is -0.970. The van der Waals surface area contributed by atoms with Crippen molar-refractivity contribution in [3.63, 3.8) is 0 Å². The quantitative estimate of drug-likeness (QED) is 0.265. The maximum atomic E-state index is 14.6. The Morgan fingerprint density at radius 3 is 2.20 bits per heavy atom. The van der Waals surface area contributed by atoms with Crippen LogP contribution in [-0.2, 0) is 5.60 Å². The Hall–Kier alpha value is -5.56. The van der Waals surface area contributed by atoms with Crippen molar-refractivity contribution >= 4 is 27.3 Å². The first kappa shape index (κ1) is 28.2. The van der Waals surface area contributed by atoms with Crippen LogP contribution in [0.5, 0.6) is 0 Å². The van der Waals surface area contributed by atoms with E-state index in [0.717, 1.165) is 10.2 Å². The Bertz CT molecular complexity index is 2180. The molecule has 0 spiro atoms. The highest BCUT2D eigenvalue weighted by Gasteiger charge is 2.47. The molecule has 3 atom stereocenters. The van der Waals surface area contributed by atoms with Crippen molar-refractivity contribution in [2.24, 2.45) is 0 Å². The number of nitrogens with zero attached hydrogens (tertiary/aromatic N) is 7. The summed E-state index contributed by atoms with van der Waals surface area (Å²) in [6.07, 6.45) is 6.72. The van der Waals surface area contributed by atoms with Crippen LogP contribution in [0.25, 0.3) is 10.2 Å². The summed E-state index contributed by atoms with van der Waals surface area (Å²) in [5, 5.41) is 29.8. The minimum atomic E-state index is -1.34. The van der Waals surface area contributed by atoms with Gasteiger partial charge in [-0.05, 0) is 36.4 Å². The number of aliphatic hydroxyl groups is 1. The van der Waals surface area contributed by atoms with Crippen LogP contribution in [0.3, 0.4) is 0 Å². The number of imidazole rings is 2. The van der Waals surface area contributed by atoms with Gasteiger partial charge in [0.05, 0.1) is 76.3 Å². The van der Waals surface area contributed by atoms with Crippen LogP contribution in [0.15, 0.2) is 85.7 Å². The van der Waals surface area contributed by atoms with Crippen molar-refractivity contribution in [2.45, 2.75) is 30.5 Å².